The fourth-order valence-corrected chi connectivity index (χ4v) is 2.63. The summed E-state index contributed by atoms with van der Waals surface area (Å²) in [6.45, 7) is 4.54. The number of hydrogen-bond donors (Lipinski definition) is 1. The van der Waals surface area contributed by atoms with Crippen LogP contribution < -0.4 is 5.73 Å². The molecule has 0 unspecified atom stereocenters. The molecule has 0 aliphatic heterocycles. The highest BCUT2D eigenvalue weighted by atomic mass is 79.9. The van der Waals surface area contributed by atoms with Crippen LogP contribution in [0.4, 0.5) is 5.69 Å². The molecule has 5 heteroatoms. The van der Waals surface area contributed by atoms with Crippen LogP contribution in [0.2, 0.25) is 0 Å². The quantitative estimate of drug-likeness (QED) is 0.775. The zero-order valence-corrected chi connectivity index (χ0v) is 13.5. The molecule has 3 aromatic rings. The number of halogens is 1. The largest absolute Gasteiger partial charge is 0.466 e. The smallest absolute Gasteiger partial charge is 0.119 e. The van der Waals surface area contributed by atoms with Crippen molar-refractivity contribution in [2.75, 3.05) is 5.73 Å². The van der Waals surface area contributed by atoms with Crippen molar-refractivity contribution in [1.82, 2.24) is 9.78 Å². The second-order valence-electron chi connectivity index (χ2n) is 5.08. The molecule has 2 heterocycles. The highest BCUT2D eigenvalue weighted by Gasteiger charge is 2.14. The number of aromatic nitrogens is 2. The summed E-state index contributed by atoms with van der Waals surface area (Å²) >= 11 is 3.43. The Morgan fingerprint density at radius 3 is 2.57 bits per heavy atom. The maximum Gasteiger partial charge on any atom is 0.119 e. The summed E-state index contributed by atoms with van der Waals surface area (Å²) in [6, 6.07) is 10.1. The number of hydrogen-bond acceptors (Lipinski definition) is 3. The molecule has 0 radical (unpaired) electrons. The molecule has 3 rings (SSSR count). The van der Waals surface area contributed by atoms with Gasteiger partial charge in [0.2, 0.25) is 0 Å². The molecule has 2 aromatic heterocycles. The topological polar surface area (TPSA) is 57.0 Å². The second-order valence-corrected chi connectivity index (χ2v) is 6.00. The van der Waals surface area contributed by atoms with Crippen molar-refractivity contribution in [3.05, 3.63) is 58.1 Å². The average molecular weight is 346 g/mol. The Balaban J connectivity index is 1.91. The summed E-state index contributed by atoms with van der Waals surface area (Å²) in [7, 11) is 0. The van der Waals surface area contributed by atoms with E-state index in [1.165, 1.54) is 5.56 Å². The first-order chi connectivity index (χ1) is 10.0. The van der Waals surface area contributed by atoms with Gasteiger partial charge in [-0.05, 0) is 37.6 Å². The van der Waals surface area contributed by atoms with E-state index in [0.29, 0.717) is 12.2 Å². The van der Waals surface area contributed by atoms with Crippen molar-refractivity contribution in [2.45, 2.75) is 20.4 Å². The molecule has 0 saturated carbocycles. The molecule has 0 amide bonds. The predicted molar refractivity (Wildman–Crippen MR) is 87.1 cm³/mol. The van der Waals surface area contributed by atoms with Gasteiger partial charge in [-0.2, -0.15) is 5.10 Å². The van der Waals surface area contributed by atoms with Gasteiger partial charge in [-0.3, -0.25) is 4.68 Å². The van der Waals surface area contributed by atoms with E-state index < -0.39 is 0 Å². The van der Waals surface area contributed by atoms with E-state index in [-0.39, 0.29) is 0 Å². The van der Waals surface area contributed by atoms with Gasteiger partial charge in [-0.15, -0.1) is 0 Å². The molecule has 0 aliphatic carbocycles. The monoisotopic (exact) mass is 345 g/mol. The second kappa shape index (κ2) is 5.41. The van der Waals surface area contributed by atoms with E-state index >= 15 is 0 Å². The zero-order valence-electron chi connectivity index (χ0n) is 11.9. The molecule has 0 saturated heterocycles. The number of rotatable bonds is 3. The third-order valence-corrected chi connectivity index (χ3v) is 3.87. The van der Waals surface area contributed by atoms with Gasteiger partial charge in [0.1, 0.15) is 17.2 Å². The molecule has 1 aromatic carbocycles. The Labute approximate surface area is 131 Å². The number of anilines is 1. The van der Waals surface area contributed by atoms with E-state index in [1.807, 2.05) is 42.9 Å². The maximum absolute atomic E-state index is 6.10. The van der Waals surface area contributed by atoms with Gasteiger partial charge < -0.3 is 10.2 Å². The fraction of sp³-hybridized carbons (Fsp3) is 0.188. The van der Waals surface area contributed by atoms with E-state index in [4.69, 9.17) is 10.2 Å². The zero-order chi connectivity index (χ0) is 15.0. The summed E-state index contributed by atoms with van der Waals surface area (Å²) < 4.78 is 8.48. The number of nitrogens with zero attached hydrogens (tertiary/aromatic N) is 2. The number of nitrogens with two attached hydrogens (primary N) is 1. The van der Waals surface area contributed by atoms with Gasteiger partial charge in [-0.1, -0.05) is 28.1 Å². The maximum atomic E-state index is 6.10. The van der Waals surface area contributed by atoms with Gasteiger partial charge in [0.15, 0.2) is 0 Å². The molecule has 4 nitrogen and oxygen atoms in total. The van der Waals surface area contributed by atoms with Gasteiger partial charge in [0.25, 0.3) is 0 Å². The Morgan fingerprint density at radius 2 is 1.95 bits per heavy atom. The van der Waals surface area contributed by atoms with E-state index in [9.17, 15) is 0 Å². The van der Waals surface area contributed by atoms with Crippen LogP contribution in [0.15, 0.2) is 45.4 Å². The molecular formula is C16H16BrN3O. The van der Waals surface area contributed by atoms with E-state index in [0.717, 1.165) is 27.3 Å². The fourth-order valence-electron chi connectivity index (χ4n) is 2.37. The Morgan fingerprint density at radius 1 is 1.24 bits per heavy atom. The van der Waals surface area contributed by atoms with Crippen molar-refractivity contribution in [3.8, 4) is 11.3 Å². The highest BCUT2D eigenvalue weighted by molar-refractivity contribution is 9.10. The normalized spacial score (nSPS) is 11.0. The Hall–Kier alpha value is -2.01. The molecule has 2 N–H and O–H groups in total. The van der Waals surface area contributed by atoms with Crippen LogP contribution in [0.5, 0.6) is 0 Å². The lowest BCUT2D eigenvalue weighted by Gasteiger charge is -2.01. The van der Waals surface area contributed by atoms with Gasteiger partial charge in [-0.25, -0.2) is 0 Å². The number of aryl methyl sites for hydroxylation is 2. The summed E-state index contributed by atoms with van der Waals surface area (Å²) in [6.07, 6.45) is 1.86. The van der Waals surface area contributed by atoms with Crippen molar-refractivity contribution in [2.24, 2.45) is 0 Å². The number of nitrogen functional groups attached to an aromatic ring is 1. The minimum Gasteiger partial charge on any atom is -0.466 e. The van der Waals surface area contributed by atoms with Gasteiger partial charge >= 0.3 is 0 Å². The molecule has 0 bridgehead atoms. The molecule has 0 aliphatic rings. The first-order valence-electron chi connectivity index (χ1n) is 6.67. The first kappa shape index (κ1) is 13.9. The summed E-state index contributed by atoms with van der Waals surface area (Å²) in [5.41, 5.74) is 9.67. The van der Waals surface area contributed by atoms with Crippen LogP contribution in [0.25, 0.3) is 11.3 Å². The molecule has 108 valence electrons. The van der Waals surface area contributed by atoms with Crippen LogP contribution >= 0.6 is 15.9 Å². The lowest BCUT2D eigenvalue weighted by atomic mass is 10.1. The molecule has 0 atom stereocenters. The van der Waals surface area contributed by atoms with Crippen LogP contribution in [0, 0.1) is 13.8 Å². The first-order valence-corrected chi connectivity index (χ1v) is 7.47. The molecule has 0 spiro atoms. The van der Waals surface area contributed by atoms with Crippen LogP contribution in [-0.2, 0) is 6.54 Å². The third-order valence-electron chi connectivity index (χ3n) is 3.34. The Bertz CT molecular complexity index is 771. The minimum absolute atomic E-state index is 0.663. The lowest BCUT2D eigenvalue weighted by molar-refractivity contribution is 0.505. The van der Waals surface area contributed by atoms with E-state index in [1.54, 1.807) is 0 Å². The van der Waals surface area contributed by atoms with Gasteiger partial charge in [0, 0.05) is 16.2 Å². The molecule has 0 fully saturated rings. The van der Waals surface area contributed by atoms with Crippen LogP contribution in [-0.4, -0.2) is 9.78 Å². The minimum atomic E-state index is 0.663. The summed E-state index contributed by atoms with van der Waals surface area (Å²) in [5.74, 6) is 1.71. The Kier molecular flexibility index (Phi) is 3.59. The third kappa shape index (κ3) is 2.88. The predicted octanol–water partition coefficient (Wildman–Crippen LogP) is 4.15. The lowest BCUT2D eigenvalue weighted by Crippen LogP contribution is -2.00. The SMILES string of the molecule is Cc1cc(-c2nn(Cc3ccc(Br)cc3)cc2N)c(C)o1. The van der Waals surface area contributed by atoms with Crippen molar-refractivity contribution < 1.29 is 4.42 Å². The standard InChI is InChI=1S/C16H16BrN3O/c1-10-7-14(11(2)21-10)16-15(18)9-20(19-16)8-12-3-5-13(17)6-4-12/h3-7,9H,8,18H2,1-2H3. The van der Waals surface area contributed by atoms with Crippen LogP contribution in [0.1, 0.15) is 17.1 Å². The van der Waals surface area contributed by atoms with E-state index in [2.05, 4.69) is 33.2 Å². The van der Waals surface area contributed by atoms with Crippen molar-refractivity contribution in [3.63, 3.8) is 0 Å². The van der Waals surface area contributed by atoms with Crippen molar-refractivity contribution >= 4 is 21.6 Å². The molecular weight excluding hydrogens is 330 g/mol. The number of benzene rings is 1. The van der Waals surface area contributed by atoms with Crippen molar-refractivity contribution in [1.29, 1.82) is 0 Å². The summed E-state index contributed by atoms with van der Waals surface area (Å²) in [5, 5.41) is 4.59. The highest BCUT2D eigenvalue weighted by Crippen LogP contribution is 2.29. The summed E-state index contributed by atoms with van der Waals surface area (Å²) in [4.78, 5) is 0. The van der Waals surface area contributed by atoms with Crippen LogP contribution in [0.3, 0.4) is 0 Å². The number of furan rings is 1. The average Bonchev–Trinajstić information content (AvgIpc) is 2.95. The molecule has 21 heavy (non-hydrogen) atoms. The van der Waals surface area contributed by atoms with Gasteiger partial charge in [0.05, 0.1) is 12.2 Å².